The van der Waals surface area contributed by atoms with Gasteiger partial charge in [-0.2, -0.15) is 0 Å². The van der Waals surface area contributed by atoms with Crippen molar-refractivity contribution < 1.29 is 4.42 Å². The van der Waals surface area contributed by atoms with E-state index in [1.165, 1.54) is 25.7 Å². The van der Waals surface area contributed by atoms with Crippen LogP contribution >= 0.6 is 0 Å². The van der Waals surface area contributed by atoms with Crippen LogP contribution < -0.4 is 5.32 Å². The average Bonchev–Trinajstić information content (AvgIpc) is 2.74. The maximum absolute atomic E-state index is 5.41. The Morgan fingerprint density at radius 1 is 1.40 bits per heavy atom. The first kappa shape index (κ1) is 10.7. The predicted molar refractivity (Wildman–Crippen MR) is 61.7 cm³/mol. The summed E-state index contributed by atoms with van der Waals surface area (Å²) in [7, 11) is 0. The van der Waals surface area contributed by atoms with Crippen molar-refractivity contribution in [2.45, 2.75) is 51.6 Å². The molecular formula is C13H21NO. The number of hydrogen-bond donors (Lipinski definition) is 1. The molecule has 1 aliphatic rings. The van der Waals surface area contributed by atoms with Gasteiger partial charge in [-0.05, 0) is 37.8 Å². The average molecular weight is 207 g/mol. The van der Waals surface area contributed by atoms with Crippen molar-refractivity contribution >= 4 is 0 Å². The van der Waals surface area contributed by atoms with Gasteiger partial charge >= 0.3 is 0 Å². The van der Waals surface area contributed by atoms with Crippen LogP contribution in [0.2, 0.25) is 0 Å². The highest BCUT2D eigenvalue weighted by Crippen LogP contribution is 2.26. The molecule has 0 saturated heterocycles. The zero-order valence-corrected chi connectivity index (χ0v) is 9.70. The second kappa shape index (κ2) is 4.84. The van der Waals surface area contributed by atoms with Crippen molar-refractivity contribution in [3.8, 4) is 0 Å². The van der Waals surface area contributed by atoms with E-state index in [-0.39, 0.29) is 0 Å². The van der Waals surface area contributed by atoms with Crippen molar-refractivity contribution in [1.29, 1.82) is 0 Å². The minimum Gasteiger partial charge on any atom is -0.468 e. The highest BCUT2D eigenvalue weighted by molar-refractivity contribution is 5.03. The van der Waals surface area contributed by atoms with E-state index in [1.54, 1.807) is 6.26 Å². The Morgan fingerprint density at radius 2 is 2.20 bits per heavy atom. The molecule has 1 heterocycles. The fourth-order valence-electron chi connectivity index (χ4n) is 2.50. The SMILES string of the molecule is C[C@H](N[C@H]1CCCC[C@@H]1C)c1ccco1. The van der Waals surface area contributed by atoms with Crippen molar-refractivity contribution in [2.75, 3.05) is 0 Å². The van der Waals surface area contributed by atoms with Gasteiger partial charge in [0.2, 0.25) is 0 Å². The second-order valence-corrected chi connectivity index (χ2v) is 4.77. The largest absolute Gasteiger partial charge is 0.468 e. The maximum Gasteiger partial charge on any atom is 0.120 e. The quantitative estimate of drug-likeness (QED) is 0.820. The monoisotopic (exact) mass is 207 g/mol. The molecule has 2 rings (SSSR count). The van der Waals surface area contributed by atoms with E-state index in [2.05, 4.69) is 19.2 Å². The summed E-state index contributed by atoms with van der Waals surface area (Å²) < 4.78 is 5.41. The molecule has 1 fully saturated rings. The minimum atomic E-state index is 0.338. The number of nitrogens with one attached hydrogen (secondary N) is 1. The summed E-state index contributed by atoms with van der Waals surface area (Å²) in [6.45, 7) is 4.53. The molecule has 0 unspecified atom stereocenters. The van der Waals surface area contributed by atoms with E-state index in [9.17, 15) is 0 Å². The molecule has 0 amide bonds. The minimum absolute atomic E-state index is 0.338. The molecule has 1 aliphatic carbocycles. The molecule has 84 valence electrons. The smallest absolute Gasteiger partial charge is 0.120 e. The summed E-state index contributed by atoms with van der Waals surface area (Å²) in [6.07, 6.45) is 7.19. The second-order valence-electron chi connectivity index (χ2n) is 4.77. The number of rotatable bonds is 3. The highest BCUT2D eigenvalue weighted by Gasteiger charge is 2.23. The van der Waals surface area contributed by atoms with Crippen LogP contribution in [0.15, 0.2) is 22.8 Å². The molecule has 0 radical (unpaired) electrons. The van der Waals surface area contributed by atoms with Gasteiger partial charge in [0, 0.05) is 6.04 Å². The summed E-state index contributed by atoms with van der Waals surface area (Å²) in [5.74, 6) is 1.85. The Bertz CT molecular complexity index is 281. The fraction of sp³-hybridized carbons (Fsp3) is 0.692. The van der Waals surface area contributed by atoms with Crippen LogP contribution in [0.1, 0.15) is 51.3 Å². The van der Waals surface area contributed by atoms with E-state index >= 15 is 0 Å². The Kier molecular flexibility index (Phi) is 3.47. The zero-order chi connectivity index (χ0) is 10.7. The summed E-state index contributed by atoms with van der Waals surface area (Å²) in [4.78, 5) is 0. The van der Waals surface area contributed by atoms with E-state index < -0.39 is 0 Å². The van der Waals surface area contributed by atoms with Gasteiger partial charge < -0.3 is 9.73 Å². The van der Waals surface area contributed by atoms with Crippen molar-refractivity contribution in [1.82, 2.24) is 5.32 Å². The van der Waals surface area contributed by atoms with Gasteiger partial charge in [0.1, 0.15) is 5.76 Å². The van der Waals surface area contributed by atoms with Gasteiger partial charge in [-0.3, -0.25) is 0 Å². The van der Waals surface area contributed by atoms with Gasteiger partial charge in [0.25, 0.3) is 0 Å². The summed E-state index contributed by atoms with van der Waals surface area (Å²) in [5, 5.41) is 3.68. The first-order chi connectivity index (χ1) is 7.27. The van der Waals surface area contributed by atoms with Crippen molar-refractivity contribution in [3.63, 3.8) is 0 Å². The lowest BCUT2D eigenvalue weighted by Crippen LogP contribution is -2.38. The summed E-state index contributed by atoms with van der Waals surface area (Å²) in [5.41, 5.74) is 0. The first-order valence-electron chi connectivity index (χ1n) is 6.07. The normalized spacial score (nSPS) is 28.9. The topological polar surface area (TPSA) is 25.2 Å². The van der Waals surface area contributed by atoms with Crippen LogP contribution in [0.4, 0.5) is 0 Å². The Balaban J connectivity index is 1.90. The molecule has 1 saturated carbocycles. The van der Waals surface area contributed by atoms with Crippen LogP contribution in [0, 0.1) is 5.92 Å². The van der Waals surface area contributed by atoms with Gasteiger partial charge in [0.05, 0.1) is 12.3 Å². The molecule has 0 aromatic carbocycles. The lowest BCUT2D eigenvalue weighted by atomic mass is 9.85. The highest BCUT2D eigenvalue weighted by atomic mass is 16.3. The third-order valence-corrected chi connectivity index (χ3v) is 3.55. The predicted octanol–water partition coefficient (Wildman–Crippen LogP) is 3.51. The molecule has 0 aliphatic heterocycles. The Hall–Kier alpha value is -0.760. The molecular weight excluding hydrogens is 186 g/mol. The summed E-state index contributed by atoms with van der Waals surface area (Å²) in [6, 6.07) is 5.01. The third kappa shape index (κ3) is 2.63. The standard InChI is InChI=1S/C13H21NO/c1-10-6-3-4-7-12(10)14-11(2)13-8-5-9-15-13/h5,8-12,14H,3-4,6-7H2,1-2H3/t10-,11-,12-/m0/s1. The van der Waals surface area contributed by atoms with Crippen molar-refractivity contribution in [3.05, 3.63) is 24.2 Å². The van der Waals surface area contributed by atoms with Gasteiger partial charge in [-0.25, -0.2) is 0 Å². The van der Waals surface area contributed by atoms with E-state index in [0.29, 0.717) is 12.1 Å². The van der Waals surface area contributed by atoms with Crippen molar-refractivity contribution in [2.24, 2.45) is 5.92 Å². The molecule has 15 heavy (non-hydrogen) atoms. The number of hydrogen-bond acceptors (Lipinski definition) is 2. The fourth-order valence-corrected chi connectivity index (χ4v) is 2.50. The van der Waals surface area contributed by atoms with Gasteiger partial charge in [-0.15, -0.1) is 0 Å². The molecule has 2 heteroatoms. The Morgan fingerprint density at radius 3 is 2.87 bits per heavy atom. The lowest BCUT2D eigenvalue weighted by Gasteiger charge is -2.31. The Labute approximate surface area is 92.1 Å². The molecule has 2 nitrogen and oxygen atoms in total. The summed E-state index contributed by atoms with van der Waals surface area (Å²) >= 11 is 0. The molecule has 1 N–H and O–H groups in total. The lowest BCUT2D eigenvalue weighted by molar-refractivity contribution is 0.253. The molecule has 1 aromatic heterocycles. The van der Waals surface area contributed by atoms with Crippen LogP contribution in [0.5, 0.6) is 0 Å². The van der Waals surface area contributed by atoms with Crippen LogP contribution in [0.3, 0.4) is 0 Å². The maximum atomic E-state index is 5.41. The third-order valence-electron chi connectivity index (χ3n) is 3.55. The van der Waals surface area contributed by atoms with E-state index in [0.717, 1.165) is 11.7 Å². The molecule has 1 aromatic rings. The van der Waals surface area contributed by atoms with Crippen LogP contribution in [-0.4, -0.2) is 6.04 Å². The van der Waals surface area contributed by atoms with Gasteiger partial charge in [0.15, 0.2) is 0 Å². The molecule has 3 atom stereocenters. The van der Waals surface area contributed by atoms with Crippen LogP contribution in [-0.2, 0) is 0 Å². The zero-order valence-electron chi connectivity index (χ0n) is 9.70. The molecule has 0 bridgehead atoms. The molecule has 0 spiro atoms. The van der Waals surface area contributed by atoms with E-state index in [4.69, 9.17) is 4.42 Å². The van der Waals surface area contributed by atoms with Gasteiger partial charge in [-0.1, -0.05) is 19.8 Å². The first-order valence-corrected chi connectivity index (χ1v) is 6.07. The number of furan rings is 1. The van der Waals surface area contributed by atoms with Crippen LogP contribution in [0.25, 0.3) is 0 Å². The van der Waals surface area contributed by atoms with E-state index in [1.807, 2.05) is 12.1 Å².